The molecular weight excluding hydrogens is 228 g/mol. The second-order valence-electron chi connectivity index (χ2n) is 4.56. The molecule has 0 atom stereocenters. The number of nitrogens with zero attached hydrogens (tertiary/aromatic N) is 1. The summed E-state index contributed by atoms with van der Waals surface area (Å²) in [5.41, 5.74) is 5.85. The molecule has 2 nitrogen and oxygen atoms in total. The van der Waals surface area contributed by atoms with E-state index in [0.29, 0.717) is 0 Å². The van der Waals surface area contributed by atoms with Crippen LogP contribution >= 0.6 is 23.7 Å². The Bertz CT molecular complexity index is 254. The number of rotatable bonds is 5. The van der Waals surface area contributed by atoms with Crippen LogP contribution in [0.15, 0.2) is 17.5 Å². The van der Waals surface area contributed by atoms with Crippen molar-refractivity contribution in [2.24, 2.45) is 5.73 Å². The lowest BCUT2D eigenvalue weighted by Crippen LogP contribution is -2.44. The largest absolute Gasteiger partial charge is 0.324 e. The number of thiophene rings is 1. The zero-order chi connectivity index (χ0) is 10.6. The number of hydrogen-bond acceptors (Lipinski definition) is 3. The van der Waals surface area contributed by atoms with E-state index in [-0.39, 0.29) is 17.9 Å². The van der Waals surface area contributed by atoms with Gasteiger partial charge >= 0.3 is 0 Å². The molecule has 0 saturated heterocycles. The van der Waals surface area contributed by atoms with Crippen molar-refractivity contribution in [3.8, 4) is 0 Å². The van der Waals surface area contributed by atoms with Crippen LogP contribution in [0.3, 0.4) is 0 Å². The van der Waals surface area contributed by atoms with E-state index in [1.807, 2.05) is 11.3 Å². The van der Waals surface area contributed by atoms with E-state index in [2.05, 4.69) is 43.3 Å². The Hall–Kier alpha value is -0.0900. The van der Waals surface area contributed by atoms with Crippen LogP contribution < -0.4 is 5.73 Å². The zero-order valence-electron chi connectivity index (χ0n) is 9.69. The van der Waals surface area contributed by atoms with Crippen LogP contribution in [-0.2, 0) is 6.42 Å². The summed E-state index contributed by atoms with van der Waals surface area (Å²) in [5, 5.41) is 2.13. The third kappa shape index (κ3) is 6.90. The van der Waals surface area contributed by atoms with E-state index in [1.54, 1.807) is 0 Å². The molecule has 1 aromatic heterocycles. The molecule has 15 heavy (non-hydrogen) atoms. The average Bonchev–Trinajstić information content (AvgIpc) is 2.49. The minimum Gasteiger partial charge on any atom is -0.324 e. The highest BCUT2D eigenvalue weighted by atomic mass is 35.5. The zero-order valence-corrected chi connectivity index (χ0v) is 11.3. The third-order valence-electron chi connectivity index (χ3n) is 2.00. The Morgan fingerprint density at radius 3 is 2.60 bits per heavy atom. The Morgan fingerprint density at radius 1 is 1.47 bits per heavy atom. The minimum atomic E-state index is -0.0931. The maximum atomic E-state index is 5.95. The number of halogens is 1. The van der Waals surface area contributed by atoms with Gasteiger partial charge in [-0.05, 0) is 38.8 Å². The summed E-state index contributed by atoms with van der Waals surface area (Å²) in [6, 6.07) is 4.29. The van der Waals surface area contributed by atoms with Crippen molar-refractivity contribution >= 4 is 23.7 Å². The molecule has 1 heterocycles. The normalized spacial score (nSPS) is 11.5. The summed E-state index contributed by atoms with van der Waals surface area (Å²) in [6.45, 7) is 6.16. The van der Waals surface area contributed by atoms with Crippen LogP contribution in [0.25, 0.3) is 0 Å². The van der Waals surface area contributed by atoms with E-state index in [9.17, 15) is 0 Å². The quantitative estimate of drug-likeness (QED) is 0.867. The van der Waals surface area contributed by atoms with Crippen molar-refractivity contribution in [2.75, 3.05) is 20.1 Å². The molecule has 0 aromatic carbocycles. The first-order valence-corrected chi connectivity index (χ1v) is 5.85. The first-order chi connectivity index (χ1) is 6.47. The Labute approximate surface area is 103 Å². The Balaban J connectivity index is 0.00000196. The molecule has 1 rings (SSSR count). The van der Waals surface area contributed by atoms with Gasteiger partial charge in [0.15, 0.2) is 0 Å². The second kappa shape index (κ2) is 6.48. The van der Waals surface area contributed by atoms with Gasteiger partial charge in [-0.15, -0.1) is 23.7 Å². The minimum absolute atomic E-state index is 0. The molecule has 2 N–H and O–H groups in total. The lowest BCUT2D eigenvalue weighted by molar-refractivity contribution is 0.273. The smallest absolute Gasteiger partial charge is 0.0225 e. The molecule has 0 radical (unpaired) electrons. The maximum absolute atomic E-state index is 5.95. The van der Waals surface area contributed by atoms with E-state index < -0.39 is 0 Å². The average molecular weight is 249 g/mol. The highest BCUT2D eigenvalue weighted by molar-refractivity contribution is 7.09. The molecule has 0 unspecified atom stereocenters. The molecule has 0 amide bonds. The summed E-state index contributed by atoms with van der Waals surface area (Å²) < 4.78 is 0. The summed E-state index contributed by atoms with van der Waals surface area (Å²) in [5.74, 6) is 0. The van der Waals surface area contributed by atoms with Gasteiger partial charge in [0, 0.05) is 23.5 Å². The van der Waals surface area contributed by atoms with Gasteiger partial charge in [0.25, 0.3) is 0 Å². The van der Waals surface area contributed by atoms with Gasteiger partial charge in [0.2, 0.25) is 0 Å². The fourth-order valence-electron chi connectivity index (χ4n) is 1.53. The summed E-state index contributed by atoms with van der Waals surface area (Å²) in [6.07, 6.45) is 1.13. The molecule has 88 valence electrons. The molecule has 0 aliphatic carbocycles. The SMILES string of the molecule is CN(CCc1cccs1)CC(C)(C)N.Cl. The van der Waals surface area contributed by atoms with E-state index >= 15 is 0 Å². The van der Waals surface area contributed by atoms with Crippen molar-refractivity contribution in [3.63, 3.8) is 0 Å². The molecule has 4 heteroatoms. The van der Waals surface area contributed by atoms with Gasteiger partial charge in [-0.25, -0.2) is 0 Å². The van der Waals surface area contributed by atoms with Crippen molar-refractivity contribution < 1.29 is 0 Å². The first-order valence-electron chi connectivity index (χ1n) is 4.97. The summed E-state index contributed by atoms with van der Waals surface area (Å²) >= 11 is 1.82. The highest BCUT2D eigenvalue weighted by Gasteiger charge is 2.13. The predicted octanol–water partition coefficient (Wildman–Crippen LogP) is 2.38. The van der Waals surface area contributed by atoms with Gasteiger partial charge in [-0.1, -0.05) is 6.07 Å². The fourth-order valence-corrected chi connectivity index (χ4v) is 2.23. The van der Waals surface area contributed by atoms with Crippen LogP contribution in [0.2, 0.25) is 0 Å². The van der Waals surface area contributed by atoms with Crippen LogP contribution in [-0.4, -0.2) is 30.6 Å². The van der Waals surface area contributed by atoms with Crippen molar-refractivity contribution in [1.29, 1.82) is 0 Å². The van der Waals surface area contributed by atoms with Gasteiger partial charge in [-0.2, -0.15) is 0 Å². The Morgan fingerprint density at radius 2 is 2.13 bits per heavy atom. The third-order valence-corrected chi connectivity index (χ3v) is 2.93. The summed E-state index contributed by atoms with van der Waals surface area (Å²) in [4.78, 5) is 3.74. The number of nitrogens with two attached hydrogens (primary N) is 1. The molecule has 0 spiro atoms. The molecule has 0 fully saturated rings. The van der Waals surface area contributed by atoms with Crippen molar-refractivity contribution in [3.05, 3.63) is 22.4 Å². The lowest BCUT2D eigenvalue weighted by Gasteiger charge is -2.26. The topological polar surface area (TPSA) is 29.3 Å². The molecule has 0 bridgehead atoms. The van der Waals surface area contributed by atoms with Crippen molar-refractivity contribution in [1.82, 2.24) is 4.90 Å². The summed E-state index contributed by atoms with van der Waals surface area (Å²) in [7, 11) is 2.13. The van der Waals surface area contributed by atoms with Gasteiger partial charge in [0.05, 0.1) is 0 Å². The standard InChI is InChI=1S/C11H20N2S.ClH/c1-11(2,12)9-13(3)7-6-10-5-4-8-14-10;/h4-5,8H,6-7,9,12H2,1-3H3;1H. The lowest BCUT2D eigenvalue weighted by atomic mass is 10.1. The first kappa shape index (κ1) is 14.9. The van der Waals surface area contributed by atoms with E-state index in [0.717, 1.165) is 19.5 Å². The van der Waals surface area contributed by atoms with Crippen LogP contribution in [0.4, 0.5) is 0 Å². The highest BCUT2D eigenvalue weighted by Crippen LogP contribution is 2.10. The molecular formula is C11H21ClN2S. The number of hydrogen-bond donors (Lipinski definition) is 1. The Kier molecular flexibility index (Phi) is 6.44. The van der Waals surface area contributed by atoms with Crippen molar-refractivity contribution in [2.45, 2.75) is 25.8 Å². The molecule has 1 aromatic rings. The van der Waals surface area contributed by atoms with E-state index in [1.165, 1.54) is 4.88 Å². The van der Waals surface area contributed by atoms with Gasteiger partial charge < -0.3 is 10.6 Å². The molecule has 0 aliphatic heterocycles. The number of likely N-dealkylation sites (N-methyl/N-ethyl adjacent to an activating group) is 1. The predicted molar refractivity (Wildman–Crippen MR) is 71.0 cm³/mol. The van der Waals surface area contributed by atoms with Gasteiger partial charge in [-0.3, -0.25) is 0 Å². The van der Waals surface area contributed by atoms with E-state index in [4.69, 9.17) is 5.73 Å². The fraction of sp³-hybridized carbons (Fsp3) is 0.636. The monoisotopic (exact) mass is 248 g/mol. The molecule has 0 aliphatic rings. The molecule has 0 saturated carbocycles. The second-order valence-corrected chi connectivity index (χ2v) is 5.59. The van der Waals surface area contributed by atoms with Crippen LogP contribution in [0.5, 0.6) is 0 Å². The van der Waals surface area contributed by atoms with Crippen LogP contribution in [0.1, 0.15) is 18.7 Å². The maximum Gasteiger partial charge on any atom is 0.0225 e. The van der Waals surface area contributed by atoms with Crippen LogP contribution in [0, 0.1) is 0 Å². The van der Waals surface area contributed by atoms with Gasteiger partial charge in [0.1, 0.15) is 0 Å².